The smallest absolute Gasteiger partial charge is 0.407 e. The SMILES string of the molecule is O=C(Nc1ccc2cc1CCc1cncc(c1)Nc1ncc(Cl)c(n1)N2)N[C@H]1CCN(C(=O)O)C1. The Morgan fingerprint density at radius 1 is 1.11 bits per heavy atom. The number of rotatable bonds is 2. The molecule has 3 aromatic rings. The summed E-state index contributed by atoms with van der Waals surface area (Å²) in [6, 6.07) is 6.96. The van der Waals surface area contributed by atoms with E-state index in [0.717, 1.165) is 22.5 Å². The van der Waals surface area contributed by atoms with Crippen molar-refractivity contribution in [3.05, 3.63) is 59.0 Å². The van der Waals surface area contributed by atoms with Gasteiger partial charge in [-0.1, -0.05) is 11.6 Å². The monoisotopic (exact) mass is 494 g/mol. The maximum Gasteiger partial charge on any atom is 0.407 e. The first kappa shape index (κ1) is 22.7. The number of amides is 3. The molecule has 2 aliphatic heterocycles. The van der Waals surface area contributed by atoms with Crippen molar-refractivity contribution in [1.82, 2.24) is 25.2 Å². The fraction of sp³-hybridized carbons (Fsp3) is 0.261. The number of anilines is 5. The van der Waals surface area contributed by atoms with Crippen LogP contribution in [0.2, 0.25) is 5.02 Å². The average molecular weight is 495 g/mol. The Hall–Kier alpha value is -4.12. The maximum absolute atomic E-state index is 12.7. The van der Waals surface area contributed by atoms with Gasteiger partial charge in [-0.15, -0.1) is 0 Å². The predicted octanol–water partition coefficient (Wildman–Crippen LogP) is 3.98. The second kappa shape index (κ2) is 9.63. The lowest BCUT2D eigenvalue weighted by molar-refractivity contribution is 0.154. The van der Waals surface area contributed by atoms with Crippen LogP contribution in [0.5, 0.6) is 0 Å². The van der Waals surface area contributed by atoms with Crippen molar-refractivity contribution in [2.45, 2.75) is 25.3 Å². The fourth-order valence-electron chi connectivity index (χ4n) is 4.15. The summed E-state index contributed by atoms with van der Waals surface area (Å²) in [7, 11) is 0. The molecule has 4 heterocycles. The number of hydrogen-bond acceptors (Lipinski definition) is 7. The second-order valence-electron chi connectivity index (χ2n) is 8.41. The number of carboxylic acid groups (broad SMARTS) is 1. The highest BCUT2D eigenvalue weighted by atomic mass is 35.5. The van der Waals surface area contributed by atoms with Gasteiger partial charge in [0.25, 0.3) is 0 Å². The van der Waals surface area contributed by atoms with Crippen LogP contribution in [0.15, 0.2) is 42.9 Å². The van der Waals surface area contributed by atoms with Crippen molar-refractivity contribution in [3.63, 3.8) is 0 Å². The Morgan fingerprint density at radius 2 is 2.00 bits per heavy atom. The molecule has 0 unspecified atom stereocenters. The van der Waals surface area contributed by atoms with Crippen LogP contribution in [0, 0.1) is 0 Å². The number of hydrogen-bond donors (Lipinski definition) is 5. The van der Waals surface area contributed by atoms with Crippen molar-refractivity contribution in [2.75, 3.05) is 29.0 Å². The molecule has 1 saturated heterocycles. The molecule has 11 nitrogen and oxygen atoms in total. The van der Waals surface area contributed by atoms with Gasteiger partial charge in [0.1, 0.15) is 5.02 Å². The van der Waals surface area contributed by atoms with Gasteiger partial charge in [-0.2, -0.15) is 4.98 Å². The number of pyridine rings is 1. The Balaban J connectivity index is 1.39. The molecule has 1 aromatic carbocycles. The van der Waals surface area contributed by atoms with Gasteiger partial charge in [0.15, 0.2) is 5.82 Å². The van der Waals surface area contributed by atoms with Crippen LogP contribution in [-0.4, -0.2) is 56.2 Å². The molecule has 12 heteroatoms. The van der Waals surface area contributed by atoms with Crippen molar-refractivity contribution in [1.29, 1.82) is 0 Å². The predicted molar refractivity (Wildman–Crippen MR) is 132 cm³/mol. The molecule has 1 atom stereocenters. The van der Waals surface area contributed by atoms with Crippen LogP contribution in [0.25, 0.3) is 0 Å². The van der Waals surface area contributed by atoms with E-state index < -0.39 is 6.09 Å². The topological polar surface area (TPSA) is 144 Å². The summed E-state index contributed by atoms with van der Waals surface area (Å²) in [6.45, 7) is 0.679. The normalized spacial score (nSPS) is 16.6. The van der Waals surface area contributed by atoms with E-state index in [4.69, 9.17) is 16.7 Å². The first-order valence-electron chi connectivity index (χ1n) is 11.1. The molecular weight excluding hydrogens is 472 g/mol. The van der Waals surface area contributed by atoms with Crippen LogP contribution in [0.4, 0.5) is 38.4 Å². The van der Waals surface area contributed by atoms with Gasteiger partial charge < -0.3 is 31.3 Å². The number of urea groups is 1. The summed E-state index contributed by atoms with van der Waals surface area (Å²) in [5.74, 6) is 0.833. The molecule has 2 aliphatic rings. The number of likely N-dealkylation sites (tertiary alicyclic amines) is 1. The van der Waals surface area contributed by atoms with E-state index in [9.17, 15) is 9.59 Å². The van der Waals surface area contributed by atoms with Crippen molar-refractivity contribution < 1.29 is 14.7 Å². The minimum atomic E-state index is -0.978. The molecule has 35 heavy (non-hydrogen) atoms. The van der Waals surface area contributed by atoms with Crippen molar-refractivity contribution >= 4 is 52.6 Å². The summed E-state index contributed by atoms with van der Waals surface area (Å²) in [5, 5.41) is 21.7. The number of carbonyl (C=O) groups excluding carboxylic acids is 1. The Labute approximate surface area is 205 Å². The number of nitrogens with zero attached hydrogens (tertiary/aromatic N) is 4. The second-order valence-corrected chi connectivity index (χ2v) is 8.81. The molecule has 0 spiro atoms. The number of carbonyl (C=O) groups is 2. The molecule has 1 fully saturated rings. The quantitative estimate of drug-likeness (QED) is 0.359. The van der Waals surface area contributed by atoms with Crippen LogP contribution in [0.3, 0.4) is 0 Å². The third-order valence-corrected chi connectivity index (χ3v) is 6.16. The number of nitrogens with one attached hydrogen (secondary N) is 4. The third kappa shape index (κ3) is 5.35. The van der Waals surface area contributed by atoms with Crippen LogP contribution < -0.4 is 21.3 Å². The van der Waals surface area contributed by atoms with E-state index in [1.165, 1.54) is 11.1 Å². The molecule has 2 aromatic heterocycles. The summed E-state index contributed by atoms with van der Waals surface area (Å²) in [4.78, 5) is 38.1. The molecule has 0 radical (unpaired) electrons. The molecular formula is C23H23ClN8O3. The van der Waals surface area contributed by atoms with E-state index in [0.29, 0.717) is 48.3 Å². The number of halogens is 1. The van der Waals surface area contributed by atoms with Crippen LogP contribution in [-0.2, 0) is 12.8 Å². The highest BCUT2D eigenvalue weighted by Crippen LogP contribution is 2.29. The van der Waals surface area contributed by atoms with Gasteiger partial charge in [-0.25, -0.2) is 14.6 Å². The molecule has 0 aliphatic carbocycles. The summed E-state index contributed by atoms with van der Waals surface area (Å²) in [5.41, 5.74) is 4.09. The van der Waals surface area contributed by atoms with Crippen molar-refractivity contribution in [2.24, 2.45) is 0 Å². The lowest BCUT2D eigenvalue weighted by Crippen LogP contribution is -2.40. The maximum atomic E-state index is 12.7. The lowest BCUT2D eigenvalue weighted by atomic mass is 10.0. The number of aryl methyl sites for hydroxylation is 2. The number of benzene rings is 1. The van der Waals surface area contributed by atoms with Gasteiger partial charge in [0.05, 0.1) is 18.1 Å². The zero-order valence-corrected chi connectivity index (χ0v) is 19.3. The van der Waals surface area contributed by atoms with E-state index >= 15 is 0 Å². The number of fused-ring (bicyclic) bond motifs is 6. The fourth-order valence-corrected chi connectivity index (χ4v) is 4.29. The van der Waals surface area contributed by atoms with E-state index in [-0.39, 0.29) is 18.6 Å². The Bertz CT molecular complexity index is 1290. The molecule has 3 amide bonds. The molecule has 5 N–H and O–H groups in total. The number of aromatic nitrogens is 3. The third-order valence-electron chi connectivity index (χ3n) is 5.89. The standard InChI is InChI=1S/C23H23ClN8O3/c24-18-11-26-21-28-17-7-13(9-25-10-17)1-2-14-8-15(27-20(18)31-21)3-4-19(14)30-22(33)29-16-5-6-32(12-16)23(34)35/h3-4,7-11,16H,1-2,5-6,12H2,(H,34,35)(H2,29,30,33)(H2,26,27,28,31)/t16-/m0/s1. The van der Waals surface area contributed by atoms with Gasteiger partial charge in [0.2, 0.25) is 5.95 Å². The van der Waals surface area contributed by atoms with Gasteiger partial charge in [0, 0.05) is 36.7 Å². The summed E-state index contributed by atoms with van der Waals surface area (Å²) in [6.07, 6.45) is 5.95. The summed E-state index contributed by atoms with van der Waals surface area (Å²) < 4.78 is 0. The highest BCUT2D eigenvalue weighted by Gasteiger charge is 2.27. The molecule has 180 valence electrons. The van der Waals surface area contributed by atoms with Crippen molar-refractivity contribution in [3.8, 4) is 0 Å². The van der Waals surface area contributed by atoms with Gasteiger partial charge in [-0.3, -0.25) is 4.98 Å². The van der Waals surface area contributed by atoms with E-state index in [1.54, 1.807) is 12.4 Å². The molecule has 5 rings (SSSR count). The van der Waals surface area contributed by atoms with E-state index in [2.05, 4.69) is 36.2 Å². The summed E-state index contributed by atoms with van der Waals surface area (Å²) >= 11 is 6.31. The first-order chi connectivity index (χ1) is 16.9. The zero-order chi connectivity index (χ0) is 24.4. The van der Waals surface area contributed by atoms with E-state index in [1.807, 2.05) is 24.3 Å². The highest BCUT2D eigenvalue weighted by molar-refractivity contribution is 6.32. The first-order valence-corrected chi connectivity index (χ1v) is 11.5. The Kier molecular flexibility index (Phi) is 6.23. The molecule has 6 bridgehead atoms. The zero-order valence-electron chi connectivity index (χ0n) is 18.6. The largest absolute Gasteiger partial charge is 0.465 e. The lowest BCUT2D eigenvalue weighted by Gasteiger charge is -2.17. The van der Waals surface area contributed by atoms with Crippen LogP contribution in [0.1, 0.15) is 17.5 Å². The molecule has 0 saturated carbocycles. The van der Waals surface area contributed by atoms with Crippen LogP contribution >= 0.6 is 11.6 Å². The van der Waals surface area contributed by atoms with Gasteiger partial charge in [-0.05, 0) is 54.7 Å². The minimum Gasteiger partial charge on any atom is -0.465 e. The minimum absolute atomic E-state index is 0.229. The average Bonchev–Trinajstić information content (AvgIpc) is 3.30. The van der Waals surface area contributed by atoms with Gasteiger partial charge >= 0.3 is 12.1 Å². The Morgan fingerprint density at radius 3 is 2.83 bits per heavy atom.